The van der Waals surface area contributed by atoms with Crippen LogP contribution in [0.4, 0.5) is 0 Å². The van der Waals surface area contributed by atoms with Crippen LogP contribution in [-0.2, 0) is 6.42 Å². The molecule has 3 heteroatoms. The molecule has 1 heterocycles. The fraction of sp³-hybridized carbons (Fsp3) is 0.538. The highest BCUT2D eigenvalue weighted by atomic mass is 15.2. The molecule has 0 saturated carbocycles. The van der Waals surface area contributed by atoms with E-state index in [0.717, 1.165) is 32.6 Å². The second-order valence-corrected chi connectivity index (χ2v) is 3.89. The Bertz CT molecular complexity index is 255. The summed E-state index contributed by atoms with van der Waals surface area (Å²) in [6.45, 7) is 7.28. The van der Waals surface area contributed by atoms with E-state index in [9.17, 15) is 0 Å². The fourth-order valence-electron chi connectivity index (χ4n) is 1.61. The van der Waals surface area contributed by atoms with E-state index < -0.39 is 0 Å². The van der Waals surface area contributed by atoms with Crippen LogP contribution in [0.1, 0.15) is 12.5 Å². The first-order chi connectivity index (χ1) is 7.86. The highest BCUT2D eigenvalue weighted by Crippen LogP contribution is 1.96. The maximum absolute atomic E-state index is 5.40. The van der Waals surface area contributed by atoms with Gasteiger partial charge in [-0.2, -0.15) is 0 Å². The number of hydrogen-bond acceptors (Lipinski definition) is 3. The van der Waals surface area contributed by atoms with E-state index in [1.54, 1.807) is 0 Å². The van der Waals surface area contributed by atoms with Crippen molar-refractivity contribution in [1.82, 2.24) is 10.2 Å². The van der Waals surface area contributed by atoms with E-state index in [1.807, 2.05) is 6.07 Å². The number of nitrogens with one attached hydrogen (secondary N) is 1. The molecule has 1 aliphatic heterocycles. The first-order valence-corrected chi connectivity index (χ1v) is 6.04. The largest absolute Gasteiger partial charge is 0.318 e. The normalized spacial score (nSPS) is 16.4. The van der Waals surface area contributed by atoms with Gasteiger partial charge in [0, 0.05) is 32.8 Å². The molecule has 0 atom stereocenters. The molecule has 16 heavy (non-hydrogen) atoms. The first kappa shape index (κ1) is 13.2. The molecule has 0 spiro atoms. The summed E-state index contributed by atoms with van der Waals surface area (Å²) < 4.78 is 0. The Kier molecular flexibility index (Phi) is 6.81. The molecule has 90 valence electrons. The Hall–Kier alpha value is -0.900. The van der Waals surface area contributed by atoms with Gasteiger partial charge in [-0.05, 0) is 12.0 Å². The molecule has 0 radical (unpaired) electrons. The molecular weight excluding hydrogens is 198 g/mol. The van der Waals surface area contributed by atoms with Crippen LogP contribution in [0.2, 0.25) is 0 Å². The monoisotopic (exact) mass is 221 g/mol. The molecule has 1 saturated heterocycles. The molecule has 2 rings (SSSR count). The molecule has 3 nitrogen and oxygen atoms in total. The summed E-state index contributed by atoms with van der Waals surface area (Å²) in [6, 6.07) is 10.5. The third-order valence-electron chi connectivity index (χ3n) is 2.72. The maximum atomic E-state index is 5.40. The molecule has 1 aromatic rings. The zero-order valence-corrected chi connectivity index (χ0v) is 10.2. The third-order valence-corrected chi connectivity index (χ3v) is 2.72. The van der Waals surface area contributed by atoms with E-state index in [0.29, 0.717) is 6.67 Å². The summed E-state index contributed by atoms with van der Waals surface area (Å²) in [5.74, 6) is 0. The lowest BCUT2D eigenvalue weighted by Crippen LogP contribution is -2.45. The topological polar surface area (TPSA) is 41.3 Å². The van der Waals surface area contributed by atoms with Gasteiger partial charge in [0.1, 0.15) is 0 Å². The number of nitrogens with zero attached hydrogens (tertiary/aromatic N) is 1. The Morgan fingerprint density at radius 3 is 2.19 bits per heavy atom. The highest BCUT2D eigenvalue weighted by Gasteiger charge is 2.04. The van der Waals surface area contributed by atoms with Crippen LogP contribution >= 0.6 is 0 Å². The summed E-state index contributed by atoms with van der Waals surface area (Å²) >= 11 is 0. The second kappa shape index (κ2) is 8.28. The minimum absolute atomic E-state index is 0.710. The van der Waals surface area contributed by atoms with Crippen molar-refractivity contribution in [3.8, 4) is 0 Å². The molecule has 1 aromatic carbocycles. The van der Waals surface area contributed by atoms with Gasteiger partial charge in [-0.25, -0.2) is 0 Å². The quantitative estimate of drug-likeness (QED) is 0.784. The molecule has 1 fully saturated rings. The number of benzene rings is 1. The van der Waals surface area contributed by atoms with Crippen molar-refractivity contribution in [2.24, 2.45) is 5.73 Å². The van der Waals surface area contributed by atoms with Gasteiger partial charge in [0.15, 0.2) is 0 Å². The summed E-state index contributed by atoms with van der Waals surface area (Å²) in [5.41, 5.74) is 6.81. The predicted octanol–water partition coefficient (Wildman–Crippen LogP) is 1.06. The van der Waals surface area contributed by atoms with Crippen LogP contribution in [0, 0.1) is 0 Å². The van der Waals surface area contributed by atoms with Crippen molar-refractivity contribution in [2.75, 3.05) is 32.8 Å². The average Bonchev–Trinajstić information content (AvgIpc) is 2.41. The highest BCUT2D eigenvalue weighted by molar-refractivity contribution is 5.13. The first-order valence-electron chi connectivity index (χ1n) is 6.04. The molecule has 0 aliphatic carbocycles. The van der Waals surface area contributed by atoms with Gasteiger partial charge in [0.2, 0.25) is 0 Å². The molecule has 0 unspecified atom stereocenters. The molecular formula is C13H23N3. The van der Waals surface area contributed by atoms with Crippen LogP contribution in [0.15, 0.2) is 30.3 Å². The molecule has 1 aliphatic rings. The average molecular weight is 221 g/mol. The van der Waals surface area contributed by atoms with Gasteiger partial charge in [-0.1, -0.05) is 37.3 Å². The van der Waals surface area contributed by atoms with Crippen LogP contribution in [0.5, 0.6) is 0 Å². The summed E-state index contributed by atoms with van der Waals surface area (Å²) in [5, 5.41) is 3.25. The minimum atomic E-state index is 0.710. The fourth-order valence-corrected chi connectivity index (χ4v) is 1.61. The van der Waals surface area contributed by atoms with Crippen LogP contribution in [0.3, 0.4) is 0 Å². The van der Waals surface area contributed by atoms with Gasteiger partial charge in [0.05, 0.1) is 0 Å². The Labute approximate surface area is 98.6 Å². The van der Waals surface area contributed by atoms with Crippen molar-refractivity contribution in [1.29, 1.82) is 0 Å². The van der Waals surface area contributed by atoms with Crippen LogP contribution in [0.25, 0.3) is 0 Å². The van der Waals surface area contributed by atoms with Gasteiger partial charge in [-0.15, -0.1) is 0 Å². The van der Waals surface area contributed by atoms with Gasteiger partial charge >= 0.3 is 0 Å². The summed E-state index contributed by atoms with van der Waals surface area (Å²) in [7, 11) is 0. The predicted molar refractivity (Wildman–Crippen MR) is 69.3 cm³/mol. The van der Waals surface area contributed by atoms with Crippen LogP contribution in [-0.4, -0.2) is 37.7 Å². The van der Waals surface area contributed by atoms with E-state index in [-0.39, 0.29) is 0 Å². The molecule has 0 amide bonds. The molecule has 0 bridgehead atoms. The Morgan fingerprint density at radius 1 is 1.19 bits per heavy atom. The summed E-state index contributed by atoms with van der Waals surface area (Å²) in [6.07, 6.45) is 1.14. The van der Waals surface area contributed by atoms with E-state index >= 15 is 0 Å². The lowest BCUT2D eigenvalue weighted by molar-refractivity contribution is 0.247. The molecule has 3 N–H and O–H groups in total. The Balaban J connectivity index is 0.000000160. The van der Waals surface area contributed by atoms with E-state index in [1.165, 1.54) is 5.56 Å². The number of aryl methyl sites for hydroxylation is 1. The maximum Gasteiger partial charge on any atom is 0.0456 e. The number of hydrogen-bond donors (Lipinski definition) is 2. The van der Waals surface area contributed by atoms with E-state index in [4.69, 9.17) is 5.73 Å². The standard InChI is InChI=1S/C8H10.C5H13N3/c1-2-8-6-4-3-5-7-8;6-5-8-3-1-7-2-4-8/h3-7H,2H2,1H3;7H,1-6H2. The summed E-state index contributed by atoms with van der Waals surface area (Å²) in [4.78, 5) is 2.23. The zero-order valence-electron chi connectivity index (χ0n) is 10.2. The molecule has 0 aromatic heterocycles. The van der Waals surface area contributed by atoms with Gasteiger partial charge in [0.25, 0.3) is 0 Å². The zero-order chi connectivity index (χ0) is 11.6. The van der Waals surface area contributed by atoms with Gasteiger partial charge in [-0.3, -0.25) is 4.90 Å². The van der Waals surface area contributed by atoms with Gasteiger partial charge < -0.3 is 11.1 Å². The van der Waals surface area contributed by atoms with E-state index in [2.05, 4.69) is 41.4 Å². The SMILES string of the molecule is CCc1ccccc1.NCN1CCNCC1. The number of piperazine rings is 1. The third kappa shape index (κ3) is 5.26. The van der Waals surface area contributed by atoms with Crippen molar-refractivity contribution in [3.63, 3.8) is 0 Å². The smallest absolute Gasteiger partial charge is 0.0456 e. The Morgan fingerprint density at radius 2 is 1.81 bits per heavy atom. The van der Waals surface area contributed by atoms with Crippen molar-refractivity contribution >= 4 is 0 Å². The minimum Gasteiger partial charge on any atom is -0.318 e. The number of rotatable bonds is 2. The number of nitrogens with two attached hydrogens (primary N) is 1. The second-order valence-electron chi connectivity index (χ2n) is 3.89. The van der Waals surface area contributed by atoms with Crippen molar-refractivity contribution < 1.29 is 0 Å². The van der Waals surface area contributed by atoms with Crippen LogP contribution < -0.4 is 11.1 Å². The van der Waals surface area contributed by atoms with Crippen molar-refractivity contribution in [3.05, 3.63) is 35.9 Å². The van der Waals surface area contributed by atoms with Crippen molar-refractivity contribution in [2.45, 2.75) is 13.3 Å². The lowest BCUT2D eigenvalue weighted by atomic mass is 10.2. The lowest BCUT2D eigenvalue weighted by Gasteiger charge is -2.24.